The SMILES string of the molecule is COc1cccc(OCCNC(=O)CN(CC(=O)N2CCCC(N)C2)c2ccncc2-c2ccccc2C)c1. The number of ether oxygens (including phenoxy) is 2. The van der Waals surface area contributed by atoms with E-state index in [4.69, 9.17) is 15.2 Å². The molecule has 1 aliphatic heterocycles. The van der Waals surface area contributed by atoms with Crippen molar-refractivity contribution in [2.24, 2.45) is 5.73 Å². The molecule has 2 heterocycles. The first-order valence-corrected chi connectivity index (χ1v) is 13.3. The summed E-state index contributed by atoms with van der Waals surface area (Å²) >= 11 is 0. The predicted molar refractivity (Wildman–Crippen MR) is 152 cm³/mol. The lowest BCUT2D eigenvalue weighted by molar-refractivity contribution is -0.130. The van der Waals surface area contributed by atoms with Crippen LogP contribution in [-0.4, -0.2) is 74.2 Å². The van der Waals surface area contributed by atoms with Crippen LogP contribution < -0.4 is 25.4 Å². The Morgan fingerprint density at radius 1 is 1.10 bits per heavy atom. The number of pyridine rings is 1. The molecular weight excluding hydrogens is 494 g/mol. The molecule has 9 heteroatoms. The summed E-state index contributed by atoms with van der Waals surface area (Å²) in [6.07, 6.45) is 5.26. The first-order valence-electron chi connectivity index (χ1n) is 13.3. The van der Waals surface area contributed by atoms with E-state index in [1.165, 1.54) is 0 Å². The molecule has 1 aliphatic rings. The number of hydrogen-bond donors (Lipinski definition) is 2. The van der Waals surface area contributed by atoms with Gasteiger partial charge in [0.2, 0.25) is 11.8 Å². The Kier molecular flexibility index (Phi) is 9.74. The summed E-state index contributed by atoms with van der Waals surface area (Å²) < 4.78 is 11.0. The van der Waals surface area contributed by atoms with Crippen molar-refractivity contribution >= 4 is 17.5 Å². The van der Waals surface area contributed by atoms with Crippen molar-refractivity contribution in [2.45, 2.75) is 25.8 Å². The van der Waals surface area contributed by atoms with E-state index < -0.39 is 0 Å². The highest BCUT2D eigenvalue weighted by molar-refractivity contribution is 5.90. The van der Waals surface area contributed by atoms with Crippen LogP contribution in [0.5, 0.6) is 11.5 Å². The van der Waals surface area contributed by atoms with E-state index in [0.29, 0.717) is 37.7 Å². The summed E-state index contributed by atoms with van der Waals surface area (Å²) in [6, 6.07) is 17.2. The van der Waals surface area contributed by atoms with E-state index >= 15 is 0 Å². The van der Waals surface area contributed by atoms with Gasteiger partial charge >= 0.3 is 0 Å². The summed E-state index contributed by atoms with van der Waals surface area (Å²) in [4.78, 5) is 34.4. The van der Waals surface area contributed by atoms with Gasteiger partial charge in [0.25, 0.3) is 0 Å². The van der Waals surface area contributed by atoms with Gasteiger partial charge in [-0.15, -0.1) is 0 Å². The highest BCUT2D eigenvalue weighted by atomic mass is 16.5. The lowest BCUT2D eigenvalue weighted by atomic mass is 10.00. The molecular formula is C30H37N5O4. The predicted octanol–water partition coefficient (Wildman–Crippen LogP) is 3.02. The maximum Gasteiger partial charge on any atom is 0.242 e. The van der Waals surface area contributed by atoms with Gasteiger partial charge in [0.15, 0.2) is 0 Å². The van der Waals surface area contributed by atoms with Gasteiger partial charge in [-0.05, 0) is 49.1 Å². The van der Waals surface area contributed by atoms with Crippen LogP contribution in [0.3, 0.4) is 0 Å². The topological polar surface area (TPSA) is 110 Å². The highest BCUT2D eigenvalue weighted by Gasteiger charge is 2.25. The second-order valence-corrected chi connectivity index (χ2v) is 9.68. The van der Waals surface area contributed by atoms with Crippen LogP contribution in [0.4, 0.5) is 5.69 Å². The number of benzene rings is 2. The number of hydrogen-bond acceptors (Lipinski definition) is 7. The van der Waals surface area contributed by atoms with Crippen molar-refractivity contribution in [3.8, 4) is 22.6 Å². The third-order valence-corrected chi connectivity index (χ3v) is 6.78. The first-order chi connectivity index (χ1) is 18.9. The fourth-order valence-corrected chi connectivity index (χ4v) is 4.75. The van der Waals surface area contributed by atoms with Crippen molar-refractivity contribution in [1.82, 2.24) is 15.2 Å². The summed E-state index contributed by atoms with van der Waals surface area (Å²) in [5, 5.41) is 2.91. The molecule has 0 radical (unpaired) electrons. The maximum absolute atomic E-state index is 13.3. The van der Waals surface area contributed by atoms with Crippen molar-refractivity contribution in [2.75, 3.05) is 51.3 Å². The molecule has 206 valence electrons. The number of methoxy groups -OCH3 is 1. The average molecular weight is 532 g/mol. The Bertz CT molecular complexity index is 1270. The zero-order chi connectivity index (χ0) is 27.6. The number of carbonyl (C=O) groups excluding carboxylic acids is 2. The van der Waals surface area contributed by atoms with Crippen LogP contribution in [0, 0.1) is 6.92 Å². The van der Waals surface area contributed by atoms with Gasteiger partial charge in [-0.1, -0.05) is 30.3 Å². The number of nitrogens with zero attached hydrogens (tertiary/aromatic N) is 3. The largest absolute Gasteiger partial charge is 0.497 e. The summed E-state index contributed by atoms with van der Waals surface area (Å²) in [6.45, 7) is 3.92. The highest BCUT2D eigenvalue weighted by Crippen LogP contribution is 2.32. The Hall–Kier alpha value is -4.11. The number of carbonyl (C=O) groups is 2. The van der Waals surface area contributed by atoms with Gasteiger partial charge in [-0.3, -0.25) is 14.6 Å². The van der Waals surface area contributed by atoms with Crippen molar-refractivity contribution < 1.29 is 19.1 Å². The van der Waals surface area contributed by atoms with Crippen LogP contribution in [0.15, 0.2) is 67.0 Å². The maximum atomic E-state index is 13.3. The van der Waals surface area contributed by atoms with Crippen molar-refractivity contribution in [3.63, 3.8) is 0 Å². The molecule has 2 amide bonds. The zero-order valence-electron chi connectivity index (χ0n) is 22.6. The van der Waals surface area contributed by atoms with Crippen LogP contribution in [-0.2, 0) is 9.59 Å². The molecule has 4 rings (SSSR count). The van der Waals surface area contributed by atoms with Gasteiger partial charge < -0.3 is 30.3 Å². The lowest BCUT2D eigenvalue weighted by Gasteiger charge is -2.33. The Morgan fingerprint density at radius 2 is 1.92 bits per heavy atom. The summed E-state index contributed by atoms with van der Waals surface area (Å²) in [5.74, 6) is 1.11. The van der Waals surface area contributed by atoms with Crippen molar-refractivity contribution in [1.29, 1.82) is 0 Å². The molecule has 0 aliphatic carbocycles. The molecule has 3 N–H and O–H groups in total. The van der Waals surface area contributed by atoms with Gasteiger partial charge in [-0.25, -0.2) is 0 Å². The van der Waals surface area contributed by atoms with E-state index in [1.54, 1.807) is 30.5 Å². The minimum atomic E-state index is -0.208. The summed E-state index contributed by atoms with van der Waals surface area (Å²) in [7, 11) is 1.60. The van der Waals surface area contributed by atoms with Gasteiger partial charge in [0.1, 0.15) is 18.1 Å². The second-order valence-electron chi connectivity index (χ2n) is 9.68. The first kappa shape index (κ1) is 27.9. The Morgan fingerprint density at radius 3 is 2.72 bits per heavy atom. The van der Waals surface area contributed by atoms with Gasteiger partial charge in [-0.2, -0.15) is 0 Å². The zero-order valence-corrected chi connectivity index (χ0v) is 22.6. The van der Waals surface area contributed by atoms with Crippen LogP contribution in [0.25, 0.3) is 11.1 Å². The van der Waals surface area contributed by atoms with Crippen molar-refractivity contribution in [3.05, 3.63) is 72.6 Å². The molecule has 3 aromatic rings. The fourth-order valence-electron chi connectivity index (χ4n) is 4.75. The van der Waals surface area contributed by atoms with E-state index in [0.717, 1.165) is 35.2 Å². The summed E-state index contributed by atoms with van der Waals surface area (Å²) in [5.41, 5.74) is 9.86. The molecule has 1 atom stereocenters. The molecule has 1 fully saturated rings. The fraction of sp³-hybridized carbons (Fsp3) is 0.367. The number of aryl methyl sites for hydroxylation is 1. The van der Waals surface area contributed by atoms with Gasteiger partial charge in [0, 0.05) is 48.8 Å². The number of nitrogens with two attached hydrogens (primary N) is 1. The molecule has 0 bridgehead atoms. The number of piperidine rings is 1. The standard InChI is InChI=1S/C30H37N5O4/c1-22-7-3-4-11-26(22)27-18-32-13-12-28(27)35(21-30(37)34-15-6-8-23(31)19-34)20-29(36)33-14-16-39-25-10-5-9-24(17-25)38-2/h3-5,7,9-13,17-18,23H,6,8,14-16,19-21,31H2,1-2H3,(H,33,36). The van der Waals surface area contributed by atoms with Crippen LogP contribution in [0.1, 0.15) is 18.4 Å². The normalized spacial score (nSPS) is 14.9. The second kappa shape index (κ2) is 13.6. The molecule has 0 spiro atoms. The minimum Gasteiger partial charge on any atom is -0.497 e. The van der Waals surface area contributed by atoms with Gasteiger partial charge in [0.05, 0.1) is 26.7 Å². The molecule has 39 heavy (non-hydrogen) atoms. The van der Waals surface area contributed by atoms with E-state index in [9.17, 15) is 9.59 Å². The quantitative estimate of drug-likeness (QED) is 0.366. The number of rotatable bonds is 11. The molecule has 1 unspecified atom stereocenters. The molecule has 9 nitrogen and oxygen atoms in total. The Balaban J connectivity index is 1.47. The Labute approximate surface area is 229 Å². The van der Waals surface area contributed by atoms with E-state index in [2.05, 4.69) is 10.3 Å². The molecule has 1 aromatic heterocycles. The molecule has 1 saturated heterocycles. The third-order valence-electron chi connectivity index (χ3n) is 6.78. The number of amides is 2. The van der Waals surface area contributed by atoms with Crippen LogP contribution in [0.2, 0.25) is 0 Å². The monoisotopic (exact) mass is 531 g/mol. The number of nitrogens with one attached hydrogen (secondary N) is 1. The molecule has 2 aromatic carbocycles. The lowest BCUT2D eigenvalue weighted by Crippen LogP contribution is -2.50. The smallest absolute Gasteiger partial charge is 0.242 e. The third kappa shape index (κ3) is 7.70. The number of aromatic nitrogens is 1. The average Bonchev–Trinajstić information content (AvgIpc) is 2.95. The van der Waals surface area contributed by atoms with E-state index in [-0.39, 0.29) is 30.9 Å². The van der Waals surface area contributed by atoms with Crippen LogP contribution >= 0.6 is 0 Å². The number of anilines is 1. The van der Waals surface area contributed by atoms with E-state index in [1.807, 2.05) is 60.4 Å². The number of likely N-dealkylation sites (tertiary alicyclic amines) is 1. The molecule has 0 saturated carbocycles. The minimum absolute atomic E-state index is 0.00763.